The van der Waals surface area contributed by atoms with E-state index < -0.39 is 0 Å². The molecule has 2 rings (SSSR count). The Morgan fingerprint density at radius 3 is 2.83 bits per heavy atom. The quantitative estimate of drug-likeness (QED) is 0.873. The number of amides is 1. The largest absolute Gasteiger partial charge is 0.331 e. The van der Waals surface area contributed by atoms with Crippen LogP contribution in [0.1, 0.15) is 5.56 Å². The molecule has 0 radical (unpaired) electrons. The Bertz CT molecular complexity index is 499. The minimum absolute atomic E-state index is 0.114. The molecule has 0 atom stereocenters. The maximum atomic E-state index is 12.7. The Morgan fingerprint density at radius 2 is 2.17 bits per heavy atom. The summed E-state index contributed by atoms with van der Waals surface area (Å²) in [4.78, 5) is 18.2. The van der Waals surface area contributed by atoms with Crippen LogP contribution in [0.3, 0.4) is 0 Å². The fourth-order valence-electron chi connectivity index (χ4n) is 1.34. The van der Waals surface area contributed by atoms with Gasteiger partial charge in [-0.1, -0.05) is 12.1 Å². The summed E-state index contributed by atoms with van der Waals surface area (Å²) in [6, 6.07) is 6.26. The van der Waals surface area contributed by atoms with Crippen molar-refractivity contribution < 1.29 is 9.18 Å². The summed E-state index contributed by atoms with van der Waals surface area (Å²) >= 11 is 1.47. The van der Waals surface area contributed by atoms with Gasteiger partial charge >= 0.3 is 0 Å². The van der Waals surface area contributed by atoms with Gasteiger partial charge in [0.05, 0.1) is 5.75 Å². The lowest BCUT2D eigenvalue weighted by molar-refractivity contribution is -0.113. The summed E-state index contributed by atoms with van der Waals surface area (Å²) in [7, 11) is 0. The monoisotopic (exact) mass is 265 g/mol. The van der Waals surface area contributed by atoms with Gasteiger partial charge in [0.25, 0.3) is 0 Å². The first-order valence-corrected chi connectivity index (χ1v) is 6.51. The maximum Gasteiger partial charge on any atom is 0.236 e. The van der Waals surface area contributed by atoms with Crippen LogP contribution in [0.5, 0.6) is 0 Å². The van der Waals surface area contributed by atoms with Crippen molar-refractivity contribution in [2.24, 2.45) is 0 Å². The van der Waals surface area contributed by atoms with Crippen LogP contribution in [0.25, 0.3) is 0 Å². The molecule has 18 heavy (non-hydrogen) atoms. The first-order valence-electron chi connectivity index (χ1n) is 5.35. The third-order valence-corrected chi connectivity index (χ3v) is 3.17. The molecule has 4 nitrogen and oxygen atoms in total. The molecular formula is C12H12FN3OS. The summed E-state index contributed by atoms with van der Waals surface area (Å²) < 4.78 is 12.7. The number of benzene rings is 1. The van der Waals surface area contributed by atoms with Crippen LogP contribution in [0, 0.1) is 5.82 Å². The van der Waals surface area contributed by atoms with Gasteiger partial charge < -0.3 is 4.98 Å². The molecule has 1 amide bonds. The van der Waals surface area contributed by atoms with E-state index in [9.17, 15) is 9.18 Å². The van der Waals surface area contributed by atoms with E-state index in [2.05, 4.69) is 15.3 Å². The second-order valence-electron chi connectivity index (χ2n) is 3.61. The Hall–Kier alpha value is -1.82. The van der Waals surface area contributed by atoms with E-state index in [0.717, 1.165) is 5.56 Å². The Morgan fingerprint density at radius 1 is 1.39 bits per heavy atom. The van der Waals surface area contributed by atoms with Crippen LogP contribution in [0.15, 0.2) is 36.7 Å². The third-order valence-electron chi connectivity index (χ3n) is 2.17. The molecule has 1 aromatic heterocycles. The Balaban J connectivity index is 1.72. The van der Waals surface area contributed by atoms with E-state index in [1.54, 1.807) is 24.5 Å². The van der Waals surface area contributed by atoms with E-state index in [0.29, 0.717) is 17.5 Å². The van der Waals surface area contributed by atoms with E-state index in [1.807, 2.05) is 0 Å². The standard InChI is InChI=1S/C12H12FN3OS/c13-10-3-1-9(2-4-10)7-18-8-11(17)16-12-14-5-6-15-12/h1-6H,7-8H2,(H2,14,15,16,17). The van der Waals surface area contributed by atoms with E-state index >= 15 is 0 Å². The van der Waals surface area contributed by atoms with Gasteiger partial charge in [-0.15, -0.1) is 11.8 Å². The topological polar surface area (TPSA) is 57.8 Å². The highest BCUT2D eigenvalue weighted by Gasteiger charge is 2.04. The number of H-pyrrole nitrogens is 1. The van der Waals surface area contributed by atoms with E-state index in [1.165, 1.54) is 23.9 Å². The van der Waals surface area contributed by atoms with Gasteiger partial charge in [0, 0.05) is 18.1 Å². The SMILES string of the molecule is O=C(CSCc1ccc(F)cc1)Nc1ncc[nH]1. The van der Waals surface area contributed by atoms with Gasteiger partial charge in [-0.25, -0.2) is 9.37 Å². The van der Waals surface area contributed by atoms with Crippen molar-refractivity contribution in [2.45, 2.75) is 5.75 Å². The number of anilines is 1. The fourth-order valence-corrected chi connectivity index (χ4v) is 2.13. The molecule has 0 unspecified atom stereocenters. The number of aromatic amines is 1. The lowest BCUT2D eigenvalue weighted by Crippen LogP contribution is -2.15. The van der Waals surface area contributed by atoms with Gasteiger partial charge in [-0.2, -0.15) is 0 Å². The minimum Gasteiger partial charge on any atom is -0.331 e. The average Bonchev–Trinajstić information content (AvgIpc) is 2.84. The molecule has 0 aliphatic heterocycles. The van der Waals surface area contributed by atoms with E-state index in [4.69, 9.17) is 0 Å². The molecule has 2 aromatic rings. The number of halogens is 1. The number of nitrogens with zero attached hydrogens (tertiary/aromatic N) is 1. The molecule has 0 saturated carbocycles. The summed E-state index contributed by atoms with van der Waals surface area (Å²) in [5.74, 6) is 1.09. The zero-order valence-electron chi connectivity index (χ0n) is 9.52. The van der Waals surface area contributed by atoms with Crippen LogP contribution in [0.4, 0.5) is 10.3 Å². The van der Waals surface area contributed by atoms with Crippen LogP contribution < -0.4 is 5.32 Å². The average molecular weight is 265 g/mol. The molecule has 94 valence electrons. The minimum atomic E-state index is -0.251. The zero-order chi connectivity index (χ0) is 12.8. The van der Waals surface area contributed by atoms with Crippen molar-refractivity contribution >= 4 is 23.6 Å². The zero-order valence-corrected chi connectivity index (χ0v) is 10.3. The molecule has 6 heteroatoms. The van der Waals surface area contributed by atoms with Crippen LogP contribution in [0.2, 0.25) is 0 Å². The van der Waals surface area contributed by atoms with Gasteiger partial charge in [0.1, 0.15) is 5.82 Å². The summed E-state index contributed by atoms with van der Waals surface area (Å²) in [5.41, 5.74) is 0.993. The summed E-state index contributed by atoms with van der Waals surface area (Å²) in [6.07, 6.45) is 3.21. The molecule has 0 bridgehead atoms. The van der Waals surface area contributed by atoms with E-state index in [-0.39, 0.29) is 11.7 Å². The van der Waals surface area contributed by atoms with Gasteiger partial charge in [0.2, 0.25) is 11.9 Å². The number of aromatic nitrogens is 2. The van der Waals surface area contributed by atoms with Crippen LogP contribution in [-0.4, -0.2) is 21.6 Å². The molecule has 0 spiro atoms. The molecule has 0 aliphatic carbocycles. The van der Waals surface area contributed by atoms with Crippen molar-refractivity contribution in [3.63, 3.8) is 0 Å². The number of hydrogen-bond donors (Lipinski definition) is 2. The smallest absolute Gasteiger partial charge is 0.236 e. The molecule has 0 saturated heterocycles. The predicted molar refractivity (Wildman–Crippen MR) is 69.8 cm³/mol. The van der Waals surface area contributed by atoms with Crippen molar-refractivity contribution in [1.82, 2.24) is 9.97 Å². The normalized spacial score (nSPS) is 10.3. The predicted octanol–water partition coefficient (Wildman–Crippen LogP) is 2.42. The lowest BCUT2D eigenvalue weighted by Gasteiger charge is -2.02. The highest BCUT2D eigenvalue weighted by atomic mass is 32.2. The highest BCUT2D eigenvalue weighted by Crippen LogP contribution is 2.12. The Labute approximate surface area is 108 Å². The Kier molecular flexibility index (Phi) is 4.35. The molecule has 1 heterocycles. The number of imidazole rings is 1. The molecule has 1 aromatic carbocycles. The molecular weight excluding hydrogens is 253 g/mol. The molecule has 0 fully saturated rings. The fraction of sp³-hybridized carbons (Fsp3) is 0.167. The number of rotatable bonds is 5. The van der Waals surface area contributed by atoms with Crippen molar-refractivity contribution in [1.29, 1.82) is 0 Å². The summed E-state index contributed by atoms with van der Waals surface area (Å²) in [5, 5.41) is 2.63. The van der Waals surface area contributed by atoms with Gasteiger partial charge in [-0.3, -0.25) is 10.1 Å². The van der Waals surface area contributed by atoms with Crippen LogP contribution >= 0.6 is 11.8 Å². The first-order chi connectivity index (χ1) is 8.74. The second-order valence-corrected chi connectivity index (χ2v) is 4.59. The maximum absolute atomic E-state index is 12.7. The molecule has 2 N–H and O–H groups in total. The molecule has 0 aliphatic rings. The number of hydrogen-bond acceptors (Lipinski definition) is 3. The highest BCUT2D eigenvalue weighted by molar-refractivity contribution is 7.99. The van der Waals surface area contributed by atoms with Crippen LogP contribution in [-0.2, 0) is 10.5 Å². The van der Waals surface area contributed by atoms with Gasteiger partial charge in [0.15, 0.2) is 0 Å². The third kappa shape index (κ3) is 3.89. The lowest BCUT2D eigenvalue weighted by atomic mass is 10.2. The number of carbonyl (C=O) groups excluding carboxylic acids is 1. The van der Waals surface area contributed by atoms with Crippen molar-refractivity contribution in [2.75, 3.05) is 11.1 Å². The summed E-state index contributed by atoms with van der Waals surface area (Å²) in [6.45, 7) is 0. The van der Waals surface area contributed by atoms with Gasteiger partial charge in [-0.05, 0) is 17.7 Å². The van der Waals surface area contributed by atoms with Crippen molar-refractivity contribution in [3.05, 3.63) is 48.0 Å². The number of nitrogens with one attached hydrogen (secondary N) is 2. The first kappa shape index (κ1) is 12.6. The number of carbonyl (C=O) groups is 1. The number of thioether (sulfide) groups is 1. The second kappa shape index (κ2) is 6.20. The van der Waals surface area contributed by atoms with Crippen molar-refractivity contribution in [3.8, 4) is 0 Å².